The van der Waals surface area contributed by atoms with E-state index in [4.69, 9.17) is 14.6 Å². The average Bonchev–Trinajstić information content (AvgIpc) is 2.48. The number of aromatic carboxylic acids is 1. The van der Waals surface area contributed by atoms with Gasteiger partial charge in [0.15, 0.2) is 0 Å². The third-order valence-corrected chi connectivity index (χ3v) is 4.94. The van der Waals surface area contributed by atoms with Gasteiger partial charge in [0.05, 0.1) is 30.7 Å². The highest BCUT2D eigenvalue weighted by atomic mass is 32.2. The largest absolute Gasteiger partial charge is 0.494 e. The zero-order chi connectivity index (χ0) is 17.0. The van der Waals surface area contributed by atoms with Crippen LogP contribution in [0.3, 0.4) is 0 Å². The number of rotatable bonds is 6. The third kappa shape index (κ3) is 4.55. The second-order valence-electron chi connectivity index (χ2n) is 5.30. The number of carboxylic acids is 1. The number of nitrogens with one attached hydrogen (secondary N) is 1. The number of sulfonamides is 1. The molecule has 1 aromatic carbocycles. The molecule has 7 nitrogen and oxygen atoms in total. The summed E-state index contributed by atoms with van der Waals surface area (Å²) in [4.78, 5) is 11.0. The molecule has 0 aromatic heterocycles. The van der Waals surface area contributed by atoms with E-state index in [0.717, 1.165) is 25.0 Å². The normalized spacial score (nSPS) is 18.4. The lowest BCUT2D eigenvalue weighted by Crippen LogP contribution is -2.28. The molecule has 23 heavy (non-hydrogen) atoms. The maximum atomic E-state index is 13.6. The van der Waals surface area contributed by atoms with Gasteiger partial charge in [-0.2, -0.15) is 0 Å². The van der Waals surface area contributed by atoms with Gasteiger partial charge in [-0.05, 0) is 24.8 Å². The molecule has 1 atom stereocenters. The van der Waals surface area contributed by atoms with Crippen molar-refractivity contribution < 1.29 is 32.2 Å². The quantitative estimate of drug-likeness (QED) is 0.812. The molecular weight excluding hydrogens is 329 g/mol. The summed E-state index contributed by atoms with van der Waals surface area (Å²) >= 11 is 0. The number of halogens is 1. The maximum absolute atomic E-state index is 13.6. The lowest BCUT2D eigenvalue weighted by molar-refractivity contribution is 0.0626. The van der Waals surface area contributed by atoms with E-state index in [1.165, 1.54) is 7.11 Å². The first-order valence-corrected chi connectivity index (χ1v) is 8.66. The van der Waals surface area contributed by atoms with Crippen molar-refractivity contribution in [2.75, 3.05) is 30.8 Å². The van der Waals surface area contributed by atoms with Crippen LogP contribution in [0, 0.1) is 11.7 Å². The summed E-state index contributed by atoms with van der Waals surface area (Å²) in [5, 5.41) is 8.94. The van der Waals surface area contributed by atoms with Gasteiger partial charge in [-0.25, -0.2) is 17.6 Å². The van der Waals surface area contributed by atoms with Gasteiger partial charge < -0.3 is 14.6 Å². The molecule has 0 amide bonds. The number of anilines is 1. The average molecular weight is 347 g/mol. The Labute approximate surface area is 133 Å². The van der Waals surface area contributed by atoms with Gasteiger partial charge in [-0.3, -0.25) is 4.72 Å². The topological polar surface area (TPSA) is 102 Å². The number of methoxy groups -OCH3 is 1. The van der Waals surface area contributed by atoms with E-state index < -0.39 is 27.4 Å². The van der Waals surface area contributed by atoms with Gasteiger partial charge >= 0.3 is 5.97 Å². The number of carboxylic acid groups (broad SMARTS) is 1. The van der Waals surface area contributed by atoms with Crippen LogP contribution in [-0.2, 0) is 14.8 Å². The zero-order valence-corrected chi connectivity index (χ0v) is 13.4. The van der Waals surface area contributed by atoms with Crippen molar-refractivity contribution in [2.45, 2.75) is 12.8 Å². The molecule has 1 saturated heterocycles. The minimum atomic E-state index is -3.75. The van der Waals surface area contributed by atoms with E-state index in [1.54, 1.807) is 0 Å². The monoisotopic (exact) mass is 347 g/mol. The second-order valence-corrected chi connectivity index (χ2v) is 7.07. The van der Waals surface area contributed by atoms with Crippen molar-refractivity contribution in [1.82, 2.24) is 0 Å². The van der Waals surface area contributed by atoms with Crippen LogP contribution < -0.4 is 9.46 Å². The summed E-state index contributed by atoms with van der Waals surface area (Å²) in [6, 6.07) is 1.75. The molecule has 0 bridgehead atoms. The number of ether oxygens (including phenoxy) is 2. The summed E-state index contributed by atoms with van der Waals surface area (Å²) in [6.45, 7) is 0.986. The zero-order valence-electron chi connectivity index (χ0n) is 12.5. The predicted octanol–water partition coefficient (Wildman–Crippen LogP) is 1.70. The standard InChI is InChI=1S/C14H18FNO6S/c1-21-13-6-11(15)10(14(17)18)5-12(13)16-23(19,20)8-9-3-2-4-22-7-9/h5-6,9,16H,2-4,7-8H2,1H3,(H,17,18). The van der Waals surface area contributed by atoms with Crippen molar-refractivity contribution >= 4 is 21.7 Å². The molecule has 1 unspecified atom stereocenters. The lowest BCUT2D eigenvalue weighted by atomic mass is 10.1. The van der Waals surface area contributed by atoms with Gasteiger partial charge in [0, 0.05) is 12.7 Å². The van der Waals surface area contributed by atoms with E-state index in [2.05, 4.69) is 4.72 Å². The van der Waals surface area contributed by atoms with Crippen LogP contribution in [0.25, 0.3) is 0 Å². The van der Waals surface area contributed by atoms with Crippen LogP contribution in [0.4, 0.5) is 10.1 Å². The molecule has 0 saturated carbocycles. The number of carbonyl (C=O) groups is 1. The van der Waals surface area contributed by atoms with Gasteiger partial charge in [0.1, 0.15) is 11.6 Å². The van der Waals surface area contributed by atoms with Gasteiger partial charge in [-0.1, -0.05) is 0 Å². The molecule has 128 valence electrons. The van der Waals surface area contributed by atoms with Crippen molar-refractivity contribution in [3.8, 4) is 5.75 Å². The fourth-order valence-corrected chi connectivity index (χ4v) is 3.89. The minimum absolute atomic E-state index is 0.0871. The smallest absolute Gasteiger partial charge is 0.338 e. The fraction of sp³-hybridized carbons (Fsp3) is 0.500. The first-order valence-electron chi connectivity index (χ1n) is 7.01. The molecule has 1 fully saturated rings. The first-order chi connectivity index (χ1) is 10.8. The molecule has 1 aliphatic rings. The van der Waals surface area contributed by atoms with Crippen LogP contribution in [0.2, 0.25) is 0 Å². The van der Waals surface area contributed by atoms with Crippen molar-refractivity contribution in [3.05, 3.63) is 23.5 Å². The number of hydrogen-bond acceptors (Lipinski definition) is 5. The maximum Gasteiger partial charge on any atom is 0.338 e. The highest BCUT2D eigenvalue weighted by Gasteiger charge is 2.24. The highest BCUT2D eigenvalue weighted by molar-refractivity contribution is 7.92. The Hall–Kier alpha value is -1.87. The van der Waals surface area contributed by atoms with E-state index in [0.29, 0.717) is 13.2 Å². The molecule has 1 heterocycles. The Kier molecular flexibility index (Phi) is 5.42. The van der Waals surface area contributed by atoms with Crippen LogP contribution in [0.15, 0.2) is 12.1 Å². The number of benzene rings is 1. The van der Waals surface area contributed by atoms with E-state index >= 15 is 0 Å². The van der Waals surface area contributed by atoms with Crippen molar-refractivity contribution in [2.24, 2.45) is 5.92 Å². The van der Waals surface area contributed by atoms with Crippen LogP contribution in [0.5, 0.6) is 5.75 Å². The Balaban J connectivity index is 2.23. The summed E-state index contributed by atoms with van der Waals surface area (Å²) in [6.07, 6.45) is 1.53. The van der Waals surface area contributed by atoms with Gasteiger partial charge in [0.2, 0.25) is 10.0 Å². The summed E-state index contributed by atoms with van der Waals surface area (Å²) in [5.74, 6) is -2.87. The Bertz CT molecular complexity index is 685. The molecule has 1 aliphatic heterocycles. The number of hydrogen-bond donors (Lipinski definition) is 2. The third-order valence-electron chi connectivity index (χ3n) is 3.49. The SMILES string of the molecule is COc1cc(F)c(C(=O)O)cc1NS(=O)(=O)CC1CCCOC1. The Morgan fingerprint density at radius 1 is 1.52 bits per heavy atom. The Morgan fingerprint density at radius 3 is 2.83 bits per heavy atom. The molecule has 0 aliphatic carbocycles. The molecule has 0 spiro atoms. The summed E-state index contributed by atoms with van der Waals surface area (Å²) in [7, 11) is -2.51. The molecule has 2 N–H and O–H groups in total. The molecular formula is C14H18FNO6S. The van der Waals surface area contributed by atoms with Crippen LogP contribution >= 0.6 is 0 Å². The second kappa shape index (κ2) is 7.14. The van der Waals surface area contributed by atoms with Crippen LogP contribution in [0.1, 0.15) is 23.2 Å². The summed E-state index contributed by atoms with van der Waals surface area (Å²) < 4.78 is 50.5. The fourth-order valence-electron chi connectivity index (χ4n) is 2.43. The van der Waals surface area contributed by atoms with Crippen molar-refractivity contribution in [3.63, 3.8) is 0 Å². The van der Waals surface area contributed by atoms with Gasteiger partial charge in [-0.15, -0.1) is 0 Å². The highest BCUT2D eigenvalue weighted by Crippen LogP contribution is 2.29. The Morgan fingerprint density at radius 2 is 2.26 bits per heavy atom. The van der Waals surface area contributed by atoms with E-state index in [1.807, 2.05) is 0 Å². The molecule has 1 aromatic rings. The van der Waals surface area contributed by atoms with Crippen molar-refractivity contribution in [1.29, 1.82) is 0 Å². The summed E-state index contributed by atoms with van der Waals surface area (Å²) in [5.41, 5.74) is -0.743. The van der Waals surface area contributed by atoms with E-state index in [9.17, 15) is 17.6 Å². The lowest BCUT2D eigenvalue weighted by Gasteiger charge is -2.22. The predicted molar refractivity (Wildman–Crippen MR) is 80.9 cm³/mol. The molecule has 0 radical (unpaired) electrons. The van der Waals surface area contributed by atoms with Crippen LogP contribution in [-0.4, -0.2) is 45.6 Å². The first kappa shape index (κ1) is 17.5. The molecule has 2 rings (SSSR count). The molecule has 9 heteroatoms. The van der Waals surface area contributed by atoms with Gasteiger partial charge in [0.25, 0.3) is 0 Å². The van der Waals surface area contributed by atoms with E-state index in [-0.39, 0.29) is 23.1 Å². The minimum Gasteiger partial charge on any atom is -0.494 e.